The van der Waals surface area contributed by atoms with E-state index in [4.69, 9.17) is 5.73 Å². The maximum Gasteiger partial charge on any atom is 0.422 e. The van der Waals surface area contributed by atoms with E-state index in [2.05, 4.69) is 19.9 Å². The van der Waals surface area contributed by atoms with Gasteiger partial charge in [-0.2, -0.15) is 13.2 Å². The standard InChI is InChI=1S/C17H13F3N4O2S/c18-17(19,20)9-26-15-6-5-10(8-22-15)23-24-13-7-14(27-25)11-3-1-2-4-12(11)16(13)21/h1-8,25H,9,21H2. The Morgan fingerprint density at radius 3 is 2.48 bits per heavy atom. The van der Waals surface area contributed by atoms with Gasteiger partial charge in [0.05, 0.1) is 11.9 Å². The van der Waals surface area contributed by atoms with E-state index in [1.165, 1.54) is 18.3 Å². The number of alkyl halides is 3. The second kappa shape index (κ2) is 7.80. The van der Waals surface area contributed by atoms with Crippen LogP contribution in [0, 0.1) is 0 Å². The van der Waals surface area contributed by atoms with Crippen LogP contribution in [-0.2, 0) is 0 Å². The number of hydrogen-bond acceptors (Lipinski definition) is 7. The molecular formula is C17H13F3N4O2S. The van der Waals surface area contributed by atoms with Gasteiger partial charge in [0, 0.05) is 28.4 Å². The van der Waals surface area contributed by atoms with Gasteiger partial charge < -0.3 is 15.0 Å². The van der Waals surface area contributed by atoms with Crippen LogP contribution in [0.25, 0.3) is 10.8 Å². The van der Waals surface area contributed by atoms with Crippen molar-refractivity contribution in [2.75, 3.05) is 12.3 Å². The van der Waals surface area contributed by atoms with E-state index in [1.807, 2.05) is 18.2 Å². The highest BCUT2D eigenvalue weighted by Gasteiger charge is 2.28. The third-order valence-electron chi connectivity index (χ3n) is 3.50. The van der Waals surface area contributed by atoms with Crippen LogP contribution in [-0.4, -0.2) is 22.3 Å². The molecule has 6 nitrogen and oxygen atoms in total. The molecule has 3 N–H and O–H groups in total. The van der Waals surface area contributed by atoms with E-state index in [9.17, 15) is 17.7 Å². The van der Waals surface area contributed by atoms with Crippen molar-refractivity contribution in [2.24, 2.45) is 10.2 Å². The zero-order chi connectivity index (χ0) is 19.4. The number of fused-ring (bicyclic) bond motifs is 1. The number of nitrogens with two attached hydrogens (primary N) is 1. The lowest BCUT2D eigenvalue weighted by atomic mass is 10.1. The van der Waals surface area contributed by atoms with Crippen molar-refractivity contribution in [3.05, 3.63) is 48.7 Å². The Hall–Kier alpha value is -2.85. The first-order valence-electron chi connectivity index (χ1n) is 7.57. The molecule has 0 bridgehead atoms. The number of nitrogen functional groups attached to an aromatic ring is 1. The normalized spacial score (nSPS) is 12.0. The number of nitrogens with zero attached hydrogens (tertiary/aromatic N) is 3. The molecule has 140 valence electrons. The van der Waals surface area contributed by atoms with E-state index in [1.54, 1.807) is 12.1 Å². The van der Waals surface area contributed by atoms with Gasteiger partial charge in [0.1, 0.15) is 11.4 Å². The Bertz CT molecular complexity index is 978. The minimum Gasteiger partial charge on any atom is -0.468 e. The summed E-state index contributed by atoms with van der Waals surface area (Å²) in [4.78, 5) is 4.32. The lowest BCUT2D eigenvalue weighted by Crippen LogP contribution is -2.19. The minimum atomic E-state index is -4.43. The molecule has 0 fully saturated rings. The molecule has 0 aliphatic carbocycles. The fraction of sp³-hybridized carbons (Fsp3) is 0.118. The van der Waals surface area contributed by atoms with Crippen molar-refractivity contribution in [3.63, 3.8) is 0 Å². The van der Waals surface area contributed by atoms with Crippen molar-refractivity contribution < 1.29 is 22.5 Å². The summed E-state index contributed by atoms with van der Waals surface area (Å²) in [6.45, 7) is -1.42. The molecule has 10 heteroatoms. The van der Waals surface area contributed by atoms with E-state index >= 15 is 0 Å². The molecule has 3 aromatic rings. The number of benzene rings is 2. The van der Waals surface area contributed by atoms with Crippen LogP contribution in [0.3, 0.4) is 0 Å². The molecule has 0 radical (unpaired) electrons. The molecular weight excluding hydrogens is 381 g/mol. The van der Waals surface area contributed by atoms with Crippen LogP contribution in [0.2, 0.25) is 0 Å². The number of pyridine rings is 1. The highest BCUT2D eigenvalue weighted by atomic mass is 32.2. The van der Waals surface area contributed by atoms with Gasteiger partial charge in [-0.15, -0.1) is 10.2 Å². The van der Waals surface area contributed by atoms with Crippen molar-refractivity contribution in [3.8, 4) is 5.88 Å². The highest BCUT2D eigenvalue weighted by Crippen LogP contribution is 2.38. The second-order valence-corrected chi connectivity index (χ2v) is 6.03. The summed E-state index contributed by atoms with van der Waals surface area (Å²) in [7, 11) is 0. The first kappa shape index (κ1) is 18.9. The number of aromatic nitrogens is 1. The topological polar surface area (TPSA) is 93.1 Å². The molecule has 0 aliphatic rings. The van der Waals surface area contributed by atoms with Crippen LogP contribution in [0.15, 0.2) is 63.8 Å². The highest BCUT2D eigenvalue weighted by molar-refractivity contribution is 7.94. The van der Waals surface area contributed by atoms with Crippen LogP contribution in [0.1, 0.15) is 0 Å². The van der Waals surface area contributed by atoms with Gasteiger partial charge in [-0.3, -0.25) is 0 Å². The molecule has 0 unspecified atom stereocenters. The number of azo groups is 1. The lowest BCUT2D eigenvalue weighted by molar-refractivity contribution is -0.154. The van der Waals surface area contributed by atoms with Crippen molar-refractivity contribution in [1.82, 2.24) is 4.98 Å². The van der Waals surface area contributed by atoms with Crippen LogP contribution >= 0.6 is 12.0 Å². The summed E-state index contributed by atoms with van der Waals surface area (Å²) in [6, 6.07) is 11.6. The Kier molecular flexibility index (Phi) is 5.47. The summed E-state index contributed by atoms with van der Waals surface area (Å²) < 4.78 is 50.4. The smallest absolute Gasteiger partial charge is 0.422 e. The van der Waals surface area contributed by atoms with Crippen molar-refractivity contribution in [2.45, 2.75) is 11.1 Å². The van der Waals surface area contributed by atoms with Crippen molar-refractivity contribution >= 4 is 39.9 Å². The van der Waals surface area contributed by atoms with Crippen molar-refractivity contribution in [1.29, 1.82) is 0 Å². The van der Waals surface area contributed by atoms with Crippen LogP contribution in [0.5, 0.6) is 5.88 Å². The Balaban J connectivity index is 1.83. The predicted molar refractivity (Wildman–Crippen MR) is 96.8 cm³/mol. The fourth-order valence-electron chi connectivity index (χ4n) is 2.29. The third-order valence-corrected chi connectivity index (χ3v) is 4.04. The van der Waals surface area contributed by atoms with Gasteiger partial charge >= 0.3 is 6.18 Å². The summed E-state index contributed by atoms with van der Waals surface area (Å²) in [5.41, 5.74) is 7.17. The predicted octanol–water partition coefficient (Wildman–Crippen LogP) is 5.74. The van der Waals surface area contributed by atoms with Crippen LogP contribution < -0.4 is 10.5 Å². The van der Waals surface area contributed by atoms with Gasteiger partial charge in [0.15, 0.2) is 6.61 Å². The molecule has 0 aliphatic heterocycles. The van der Waals surface area contributed by atoms with E-state index < -0.39 is 12.8 Å². The SMILES string of the molecule is Nc1c(N=Nc2ccc(OCC(F)(F)F)nc2)cc(SO)c2ccccc12. The summed E-state index contributed by atoms with van der Waals surface area (Å²) in [5.74, 6) is -0.171. The van der Waals surface area contributed by atoms with Gasteiger partial charge in [-0.25, -0.2) is 4.98 Å². The van der Waals surface area contributed by atoms with Gasteiger partial charge in [-0.05, 0) is 17.5 Å². The van der Waals surface area contributed by atoms with E-state index in [0.29, 0.717) is 34.0 Å². The van der Waals surface area contributed by atoms with E-state index in [0.717, 1.165) is 10.8 Å². The third kappa shape index (κ3) is 4.66. The Labute approximate surface area is 156 Å². The maximum absolute atomic E-state index is 12.1. The molecule has 0 saturated carbocycles. The number of ether oxygens (including phenoxy) is 1. The Morgan fingerprint density at radius 1 is 1.11 bits per heavy atom. The molecule has 0 spiro atoms. The first-order chi connectivity index (χ1) is 12.9. The van der Waals surface area contributed by atoms with Gasteiger partial charge in [-0.1, -0.05) is 24.3 Å². The zero-order valence-electron chi connectivity index (χ0n) is 13.6. The maximum atomic E-state index is 12.1. The molecule has 27 heavy (non-hydrogen) atoms. The fourth-order valence-corrected chi connectivity index (χ4v) is 2.73. The molecule has 1 aromatic heterocycles. The lowest BCUT2D eigenvalue weighted by Gasteiger charge is -2.09. The number of rotatable bonds is 5. The Morgan fingerprint density at radius 2 is 1.85 bits per heavy atom. The molecule has 1 heterocycles. The molecule has 3 rings (SSSR count). The van der Waals surface area contributed by atoms with Gasteiger partial charge in [0.2, 0.25) is 5.88 Å². The van der Waals surface area contributed by atoms with Crippen LogP contribution in [0.4, 0.5) is 30.2 Å². The largest absolute Gasteiger partial charge is 0.468 e. The number of anilines is 1. The van der Waals surface area contributed by atoms with Gasteiger partial charge in [0.25, 0.3) is 0 Å². The average molecular weight is 394 g/mol. The molecule has 2 aromatic carbocycles. The summed E-state index contributed by atoms with van der Waals surface area (Å²) in [6.07, 6.45) is -3.20. The zero-order valence-corrected chi connectivity index (χ0v) is 14.5. The first-order valence-corrected chi connectivity index (χ1v) is 8.35. The molecule has 0 amide bonds. The quantitative estimate of drug-likeness (QED) is 0.327. The summed E-state index contributed by atoms with van der Waals surface area (Å²) >= 11 is 0.574. The van der Waals surface area contributed by atoms with E-state index in [-0.39, 0.29) is 5.88 Å². The second-order valence-electron chi connectivity index (χ2n) is 5.40. The number of hydrogen-bond donors (Lipinski definition) is 2. The minimum absolute atomic E-state index is 0.171. The average Bonchev–Trinajstić information content (AvgIpc) is 2.66. The summed E-state index contributed by atoms with van der Waals surface area (Å²) in [5, 5.41) is 9.56. The molecule has 0 atom stereocenters. The molecule has 0 saturated heterocycles. The monoisotopic (exact) mass is 394 g/mol. The number of halogens is 3.